The van der Waals surface area contributed by atoms with Gasteiger partial charge in [0, 0.05) is 26.2 Å². The second kappa shape index (κ2) is 8.97. The fourth-order valence-electron chi connectivity index (χ4n) is 4.23. The molecule has 1 atom stereocenters. The maximum absolute atomic E-state index is 13.0. The molecule has 28 heavy (non-hydrogen) atoms. The molecule has 0 bridgehead atoms. The van der Waals surface area contributed by atoms with E-state index in [1.54, 1.807) is 4.90 Å². The number of nitrogens with zero attached hydrogens (tertiary/aromatic N) is 2. The monoisotopic (exact) mass is 386 g/mol. The molecule has 0 N–H and O–H groups in total. The van der Waals surface area contributed by atoms with Crippen molar-refractivity contribution in [2.24, 2.45) is 11.8 Å². The van der Waals surface area contributed by atoms with Gasteiger partial charge in [0.25, 0.3) is 0 Å². The lowest BCUT2D eigenvalue weighted by Gasteiger charge is -2.38. The van der Waals surface area contributed by atoms with Crippen molar-refractivity contribution in [1.29, 1.82) is 0 Å². The van der Waals surface area contributed by atoms with Crippen molar-refractivity contribution in [3.8, 4) is 0 Å². The van der Waals surface area contributed by atoms with Gasteiger partial charge in [-0.25, -0.2) is 4.79 Å². The van der Waals surface area contributed by atoms with Crippen molar-refractivity contribution in [2.75, 3.05) is 26.2 Å². The average Bonchev–Trinajstić information content (AvgIpc) is 2.68. The van der Waals surface area contributed by atoms with Crippen LogP contribution in [0.25, 0.3) is 0 Å². The lowest BCUT2D eigenvalue weighted by atomic mass is 9.89. The van der Waals surface area contributed by atoms with Gasteiger partial charge >= 0.3 is 6.09 Å². The van der Waals surface area contributed by atoms with Gasteiger partial charge in [0.05, 0.1) is 5.92 Å². The maximum Gasteiger partial charge on any atom is 0.410 e. The molecule has 2 fully saturated rings. The van der Waals surface area contributed by atoms with Crippen LogP contribution >= 0.6 is 0 Å². The van der Waals surface area contributed by atoms with Crippen LogP contribution in [0.5, 0.6) is 0 Å². The number of carbonyl (C=O) groups is 2. The summed E-state index contributed by atoms with van der Waals surface area (Å²) >= 11 is 0. The topological polar surface area (TPSA) is 49.9 Å². The summed E-state index contributed by atoms with van der Waals surface area (Å²) in [4.78, 5) is 29.1. The number of amides is 2. The van der Waals surface area contributed by atoms with E-state index >= 15 is 0 Å². The third-order valence-corrected chi connectivity index (χ3v) is 5.72. The average molecular weight is 387 g/mol. The highest BCUT2D eigenvalue weighted by atomic mass is 16.6. The molecule has 2 aliphatic rings. The Morgan fingerprint density at radius 3 is 2.32 bits per heavy atom. The van der Waals surface area contributed by atoms with E-state index in [0.29, 0.717) is 19.0 Å². The molecule has 0 aliphatic carbocycles. The van der Waals surface area contributed by atoms with E-state index in [4.69, 9.17) is 4.74 Å². The van der Waals surface area contributed by atoms with Gasteiger partial charge in [0.15, 0.2) is 0 Å². The third kappa shape index (κ3) is 5.73. The van der Waals surface area contributed by atoms with Crippen molar-refractivity contribution >= 4 is 12.0 Å². The van der Waals surface area contributed by atoms with Gasteiger partial charge in [-0.2, -0.15) is 0 Å². The summed E-state index contributed by atoms with van der Waals surface area (Å²) in [7, 11) is 0. The summed E-state index contributed by atoms with van der Waals surface area (Å²) in [5, 5.41) is 0. The number of hydrogen-bond donors (Lipinski definition) is 0. The summed E-state index contributed by atoms with van der Waals surface area (Å²) in [6, 6.07) is 10.6. The number of piperidine rings is 2. The van der Waals surface area contributed by atoms with Crippen molar-refractivity contribution in [3.63, 3.8) is 0 Å². The molecule has 2 aliphatic heterocycles. The number of ether oxygens (including phenoxy) is 1. The first-order valence-corrected chi connectivity index (χ1v) is 10.6. The van der Waals surface area contributed by atoms with Crippen LogP contribution in [0, 0.1) is 11.8 Å². The quantitative estimate of drug-likeness (QED) is 0.785. The summed E-state index contributed by atoms with van der Waals surface area (Å²) in [5.41, 5.74) is 0.877. The van der Waals surface area contributed by atoms with Gasteiger partial charge < -0.3 is 14.5 Å². The second-order valence-electron chi connectivity index (χ2n) is 9.22. The summed E-state index contributed by atoms with van der Waals surface area (Å²) in [6.07, 6.45) is 4.64. The lowest BCUT2D eigenvalue weighted by Crippen LogP contribution is -2.49. The van der Waals surface area contributed by atoms with Crippen LogP contribution < -0.4 is 0 Å². The zero-order valence-corrected chi connectivity index (χ0v) is 17.5. The zero-order chi connectivity index (χ0) is 20.1. The van der Waals surface area contributed by atoms with E-state index in [0.717, 1.165) is 45.2 Å². The number of carbonyl (C=O) groups excluding carboxylic acids is 2. The zero-order valence-electron chi connectivity index (χ0n) is 17.5. The molecule has 1 aromatic rings. The normalized spacial score (nSPS) is 21.5. The SMILES string of the molecule is CC(C)(C)OC(=O)N1CCCC(C(=O)N2CCC(Cc3ccccc3)CC2)C1. The molecule has 154 valence electrons. The van der Waals surface area contributed by atoms with Crippen LogP contribution in [0.3, 0.4) is 0 Å². The van der Waals surface area contributed by atoms with Crippen LogP contribution in [-0.2, 0) is 16.0 Å². The largest absolute Gasteiger partial charge is 0.444 e. The van der Waals surface area contributed by atoms with E-state index in [1.165, 1.54) is 5.56 Å². The molecule has 0 saturated carbocycles. The number of benzene rings is 1. The van der Waals surface area contributed by atoms with Crippen molar-refractivity contribution in [3.05, 3.63) is 35.9 Å². The molecular weight excluding hydrogens is 352 g/mol. The molecule has 0 spiro atoms. The van der Waals surface area contributed by atoms with E-state index in [9.17, 15) is 9.59 Å². The van der Waals surface area contributed by atoms with E-state index in [1.807, 2.05) is 25.7 Å². The van der Waals surface area contributed by atoms with Crippen LogP contribution in [0.1, 0.15) is 52.0 Å². The molecule has 2 saturated heterocycles. The van der Waals surface area contributed by atoms with Crippen molar-refractivity contribution in [1.82, 2.24) is 9.80 Å². The maximum atomic E-state index is 13.0. The molecule has 3 rings (SSSR count). The highest BCUT2D eigenvalue weighted by Gasteiger charge is 2.34. The second-order valence-corrected chi connectivity index (χ2v) is 9.22. The lowest BCUT2D eigenvalue weighted by molar-refractivity contribution is -0.138. The summed E-state index contributed by atoms with van der Waals surface area (Å²) in [5.74, 6) is 0.773. The first-order chi connectivity index (χ1) is 13.3. The molecule has 5 heteroatoms. The number of rotatable bonds is 3. The third-order valence-electron chi connectivity index (χ3n) is 5.72. The van der Waals surface area contributed by atoms with Crippen LogP contribution in [-0.4, -0.2) is 53.6 Å². The van der Waals surface area contributed by atoms with Crippen LogP contribution in [0.4, 0.5) is 4.79 Å². The number of likely N-dealkylation sites (tertiary alicyclic amines) is 2. The first-order valence-electron chi connectivity index (χ1n) is 10.6. The minimum Gasteiger partial charge on any atom is -0.444 e. The predicted octanol–water partition coefficient (Wildman–Crippen LogP) is 4.11. The number of hydrogen-bond acceptors (Lipinski definition) is 3. The fourth-order valence-corrected chi connectivity index (χ4v) is 4.23. The Kier molecular flexibility index (Phi) is 6.63. The van der Waals surface area contributed by atoms with Crippen molar-refractivity contribution < 1.29 is 14.3 Å². The molecule has 1 unspecified atom stereocenters. The predicted molar refractivity (Wildman–Crippen MR) is 110 cm³/mol. The Balaban J connectivity index is 1.48. The molecule has 2 amide bonds. The highest BCUT2D eigenvalue weighted by Crippen LogP contribution is 2.26. The minimum atomic E-state index is -0.505. The molecule has 2 heterocycles. The van der Waals surface area contributed by atoms with E-state index in [-0.39, 0.29) is 17.9 Å². The molecule has 0 aromatic heterocycles. The molecular formula is C23H34N2O3. The van der Waals surface area contributed by atoms with E-state index in [2.05, 4.69) is 30.3 Å². The van der Waals surface area contributed by atoms with Gasteiger partial charge in [-0.15, -0.1) is 0 Å². The van der Waals surface area contributed by atoms with Crippen molar-refractivity contribution in [2.45, 2.75) is 58.5 Å². The van der Waals surface area contributed by atoms with E-state index < -0.39 is 5.60 Å². The fraction of sp³-hybridized carbons (Fsp3) is 0.652. The summed E-state index contributed by atoms with van der Waals surface area (Å²) in [6.45, 7) is 8.44. The van der Waals surface area contributed by atoms with Gasteiger partial charge in [-0.05, 0) is 64.4 Å². The summed E-state index contributed by atoms with van der Waals surface area (Å²) < 4.78 is 5.48. The molecule has 5 nitrogen and oxygen atoms in total. The molecule has 1 aromatic carbocycles. The Hall–Kier alpha value is -2.04. The van der Waals surface area contributed by atoms with Gasteiger partial charge in [0.2, 0.25) is 5.91 Å². The Bertz CT molecular complexity index is 660. The van der Waals surface area contributed by atoms with Gasteiger partial charge in [-0.1, -0.05) is 30.3 Å². The Morgan fingerprint density at radius 2 is 1.68 bits per heavy atom. The van der Waals surface area contributed by atoms with Gasteiger partial charge in [-0.3, -0.25) is 4.79 Å². The van der Waals surface area contributed by atoms with Gasteiger partial charge in [0.1, 0.15) is 5.60 Å². The van der Waals surface area contributed by atoms with Crippen LogP contribution in [0.15, 0.2) is 30.3 Å². The Labute approximate surface area is 169 Å². The van der Waals surface area contributed by atoms with Crippen LogP contribution in [0.2, 0.25) is 0 Å². The molecule has 0 radical (unpaired) electrons. The first kappa shape index (κ1) is 20.7. The Morgan fingerprint density at radius 1 is 1.00 bits per heavy atom. The standard InChI is InChI=1S/C23H34N2O3/c1-23(2,3)28-22(27)25-13-7-10-20(17-25)21(26)24-14-11-19(12-15-24)16-18-8-5-4-6-9-18/h4-6,8-9,19-20H,7,10-17H2,1-3H3. The highest BCUT2D eigenvalue weighted by molar-refractivity contribution is 5.80. The smallest absolute Gasteiger partial charge is 0.410 e. The minimum absolute atomic E-state index is 0.0908.